The third-order valence-corrected chi connectivity index (χ3v) is 2.38. The highest BCUT2D eigenvalue weighted by Crippen LogP contribution is 2.08. The fourth-order valence-electron chi connectivity index (χ4n) is 1.42. The van der Waals surface area contributed by atoms with E-state index in [2.05, 4.69) is 50.8 Å². The van der Waals surface area contributed by atoms with Crippen LogP contribution >= 0.6 is 0 Å². The molecule has 15 heavy (non-hydrogen) atoms. The molecule has 0 spiro atoms. The number of benzene rings is 1. The van der Waals surface area contributed by atoms with Gasteiger partial charge in [-0.2, -0.15) is 0 Å². The van der Waals surface area contributed by atoms with Gasteiger partial charge < -0.3 is 5.73 Å². The van der Waals surface area contributed by atoms with Crippen molar-refractivity contribution >= 4 is 0 Å². The Labute approximate surface area is 92.7 Å². The van der Waals surface area contributed by atoms with E-state index in [1.54, 1.807) is 0 Å². The van der Waals surface area contributed by atoms with Gasteiger partial charge >= 0.3 is 0 Å². The zero-order chi connectivity index (χ0) is 11.3. The standard InChI is InChI=1S/C14H19N/c1-4-5-14(15)9-8-13-10-11(2)6-7-12(13)3/h6-7,10,14H,4-5,15H2,1-3H3. The van der Waals surface area contributed by atoms with Crippen LogP contribution < -0.4 is 5.73 Å². The number of aryl methyl sites for hydroxylation is 2. The Bertz CT molecular complexity index is 382. The molecule has 0 aromatic heterocycles. The van der Waals surface area contributed by atoms with Crippen molar-refractivity contribution in [3.8, 4) is 11.8 Å². The maximum atomic E-state index is 5.85. The van der Waals surface area contributed by atoms with Gasteiger partial charge in [0.25, 0.3) is 0 Å². The molecule has 0 heterocycles. The van der Waals surface area contributed by atoms with Crippen LogP contribution in [-0.2, 0) is 0 Å². The lowest BCUT2D eigenvalue weighted by atomic mass is 10.1. The first kappa shape index (κ1) is 11.8. The Morgan fingerprint density at radius 2 is 2.07 bits per heavy atom. The van der Waals surface area contributed by atoms with E-state index in [0.717, 1.165) is 18.4 Å². The van der Waals surface area contributed by atoms with E-state index in [9.17, 15) is 0 Å². The van der Waals surface area contributed by atoms with E-state index in [1.165, 1.54) is 11.1 Å². The van der Waals surface area contributed by atoms with Crippen molar-refractivity contribution in [3.63, 3.8) is 0 Å². The minimum absolute atomic E-state index is 0.00918. The molecule has 0 saturated carbocycles. The Hall–Kier alpha value is -1.26. The predicted octanol–water partition coefficient (Wildman–Crippen LogP) is 2.78. The molecule has 0 aliphatic heterocycles. The summed E-state index contributed by atoms with van der Waals surface area (Å²) in [6, 6.07) is 6.33. The molecule has 1 aromatic rings. The molecule has 2 N–H and O–H groups in total. The molecule has 0 radical (unpaired) electrons. The minimum Gasteiger partial charge on any atom is -0.318 e. The highest BCUT2D eigenvalue weighted by atomic mass is 14.6. The van der Waals surface area contributed by atoms with Gasteiger partial charge in [-0.3, -0.25) is 0 Å². The monoisotopic (exact) mass is 201 g/mol. The van der Waals surface area contributed by atoms with Gasteiger partial charge in [-0.15, -0.1) is 0 Å². The molecule has 1 atom stereocenters. The SMILES string of the molecule is CCCC(N)C#Cc1cc(C)ccc1C. The lowest BCUT2D eigenvalue weighted by Gasteiger charge is -2.01. The van der Waals surface area contributed by atoms with Gasteiger partial charge in [0.15, 0.2) is 0 Å². The van der Waals surface area contributed by atoms with Crippen molar-refractivity contribution in [2.75, 3.05) is 0 Å². The van der Waals surface area contributed by atoms with E-state index < -0.39 is 0 Å². The van der Waals surface area contributed by atoms with Crippen LogP contribution in [0.5, 0.6) is 0 Å². The van der Waals surface area contributed by atoms with Crippen molar-refractivity contribution in [1.82, 2.24) is 0 Å². The summed E-state index contributed by atoms with van der Waals surface area (Å²) in [4.78, 5) is 0. The molecule has 1 rings (SSSR count). The third-order valence-electron chi connectivity index (χ3n) is 2.38. The first-order valence-corrected chi connectivity index (χ1v) is 5.48. The molecule has 0 aliphatic rings. The maximum Gasteiger partial charge on any atom is 0.0668 e. The molecule has 0 aliphatic carbocycles. The van der Waals surface area contributed by atoms with E-state index in [1.807, 2.05) is 0 Å². The van der Waals surface area contributed by atoms with Crippen molar-refractivity contribution in [1.29, 1.82) is 0 Å². The summed E-state index contributed by atoms with van der Waals surface area (Å²) in [5.74, 6) is 6.26. The van der Waals surface area contributed by atoms with Gasteiger partial charge in [-0.25, -0.2) is 0 Å². The predicted molar refractivity (Wildman–Crippen MR) is 65.7 cm³/mol. The average Bonchev–Trinajstić information content (AvgIpc) is 2.20. The molecule has 0 amide bonds. The Kier molecular flexibility index (Phi) is 4.39. The highest BCUT2D eigenvalue weighted by Gasteiger charge is 1.96. The van der Waals surface area contributed by atoms with Crippen molar-refractivity contribution in [3.05, 3.63) is 34.9 Å². The zero-order valence-electron chi connectivity index (χ0n) is 9.80. The van der Waals surface area contributed by atoms with Gasteiger partial charge in [-0.1, -0.05) is 37.3 Å². The summed E-state index contributed by atoms with van der Waals surface area (Å²) >= 11 is 0. The summed E-state index contributed by atoms with van der Waals surface area (Å²) in [6.07, 6.45) is 2.06. The molecule has 0 saturated heterocycles. The van der Waals surface area contributed by atoms with E-state index in [-0.39, 0.29) is 6.04 Å². The summed E-state index contributed by atoms with van der Waals surface area (Å²) in [5, 5.41) is 0. The van der Waals surface area contributed by atoms with Gasteiger partial charge in [0.05, 0.1) is 6.04 Å². The fourth-order valence-corrected chi connectivity index (χ4v) is 1.42. The van der Waals surface area contributed by atoms with Gasteiger partial charge in [0.2, 0.25) is 0 Å². The van der Waals surface area contributed by atoms with Gasteiger partial charge in [0.1, 0.15) is 0 Å². The van der Waals surface area contributed by atoms with Crippen LogP contribution in [-0.4, -0.2) is 6.04 Å². The van der Waals surface area contributed by atoms with Crippen LogP contribution in [0.15, 0.2) is 18.2 Å². The van der Waals surface area contributed by atoms with E-state index >= 15 is 0 Å². The lowest BCUT2D eigenvalue weighted by Crippen LogP contribution is -2.16. The van der Waals surface area contributed by atoms with Crippen LogP contribution in [0.3, 0.4) is 0 Å². The van der Waals surface area contributed by atoms with Crippen molar-refractivity contribution in [2.24, 2.45) is 5.73 Å². The second kappa shape index (κ2) is 5.58. The lowest BCUT2D eigenvalue weighted by molar-refractivity contribution is 0.720. The molecule has 1 aromatic carbocycles. The molecule has 1 unspecified atom stereocenters. The topological polar surface area (TPSA) is 26.0 Å². The second-order valence-electron chi connectivity index (χ2n) is 3.98. The second-order valence-corrected chi connectivity index (χ2v) is 3.98. The van der Waals surface area contributed by atoms with E-state index in [0.29, 0.717) is 0 Å². The normalized spacial score (nSPS) is 11.7. The van der Waals surface area contributed by atoms with E-state index in [4.69, 9.17) is 5.73 Å². The first-order chi connectivity index (χ1) is 7.13. The summed E-state index contributed by atoms with van der Waals surface area (Å²) in [7, 11) is 0. The summed E-state index contributed by atoms with van der Waals surface area (Å²) in [6.45, 7) is 6.28. The molecule has 1 nitrogen and oxygen atoms in total. The average molecular weight is 201 g/mol. The van der Waals surface area contributed by atoms with Gasteiger partial charge in [-0.05, 0) is 37.5 Å². The third kappa shape index (κ3) is 3.77. The number of hydrogen-bond acceptors (Lipinski definition) is 1. The quantitative estimate of drug-likeness (QED) is 0.732. The molecular weight excluding hydrogens is 182 g/mol. The largest absolute Gasteiger partial charge is 0.318 e. The van der Waals surface area contributed by atoms with Crippen LogP contribution in [0.25, 0.3) is 0 Å². The fraction of sp³-hybridized carbons (Fsp3) is 0.429. The highest BCUT2D eigenvalue weighted by molar-refractivity contribution is 5.43. The molecule has 0 bridgehead atoms. The summed E-state index contributed by atoms with van der Waals surface area (Å²) in [5.41, 5.74) is 9.41. The van der Waals surface area contributed by atoms with Crippen LogP contribution in [0.4, 0.5) is 0 Å². The molecule has 1 heteroatoms. The number of hydrogen-bond donors (Lipinski definition) is 1. The number of rotatable bonds is 2. The van der Waals surface area contributed by atoms with Gasteiger partial charge in [0, 0.05) is 5.56 Å². The minimum atomic E-state index is 0.00918. The first-order valence-electron chi connectivity index (χ1n) is 5.48. The smallest absolute Gasteiger partial charge is 0.0668 e. The van der Waals surface area contributed by atoms with Crippen molar-refractivity contribution in [2.45, 2.75) is 39.7 Å². The molecule has 0 fully saturated rings. The van der Waals surface area contributed by atoms with Crippen LogP contribution in [0, 0.1) is 25.7 Å². The Morgan fingerprint density at radius 1 is 1.33 bits per heavy atom. The number of nitrogens with two attached hydrogens (primary N) is 1. The molecular formula is C14H19N. The Morgan fingerprint density at radius 3 is 2.73 bits per heavy atom. The zero-order valence-corrected chi connectivity index (χ0v) is 9.80. The molecule has 80 valence electrons. The van der Waals surface area contributed by atoms with Crippen LogP contribution in [0.1, 0.15) is 36.5 Å². The summed E-state index contributed by atoms with van der Waals surface area (Å²) < 4.78 is 0. The maximum absolute atomic E-state index is 5.85. The van der Waals surface area contributed by atoms with Crippen molar-refractivity contribution < 1.29 is 0 Å². The van der Waals surface area contributed by atoms with Crippen LogP contribution in [0.2, 0.25) is 0 Å². The Balaban J connectivity index is 2.83.